The average molecular weight is 283 g/mol. The van der Waals surface area contributed by atoms with Gasteiger partial charge < -0.3 is 4.90 Å². The lowest BCUT2D eigenvalue weighted by atomic mass is 10.1. The zero-order chi connectivity index (χ0) is 14.1. The van der Waals surface area contributed by atoms with E-state index in [1.807, 2.05) is 42.6 Å². The minimum Gasteiger partial charge on any atom is -0.308 e. The van der Waals surface area contributed by atoms with Crippen LogP contribution in [0.3, 0.4) is 0 Å². The van der Waals surface area contributed by atoms with Crippen molar-refractivity contribution in [1.82, 2.24) is 0 Å². The molecule has 0 N–H and O–H groups in total. The monoisotopic (exact) mass is 283 g/mol. The lowest BCUT2D eigenvalue weighted by Gasteiger charge is -2.13. The second-order valence-electron chi connectivity index (χ2n) is 4.47. The maximum atomic E-state index is 12.4. The smallest absolute Gasteiger partial charge is 0.259 e. The predicted molar refractivity (Wildman–Crippen MR) is 81.1 cm³/mol. The first kappa shape index (κ1) is 12.8. The van der Waals surface area contributed by atoms with Crippen LogP contribution in [0.1, 0.15) is 22.2 Å². The minimum atomic E-state index is -0.115. The van der Waals surface area contributed by atoms with E-state index in [1.54, 1.807) is 11.0 Å². The van der Waals surface area contributed by atoms with Crippen molar-refractivity contribution in [2.75, 3.05) is 11.4 Å². The Balaban J connectivity index is 2.06. The third-order valence-corrected chi connectivity index (χ3v) is 4.20. The molecule has 3 nitrogen and oxygen atoms in total. The number of carbonyl (C=O) groups excluding carboxylic acids is 2. The Bertz CT molecular complexity index is 701. The summed E-state index contributed by atoms with van der Waals surface area (Å²) in [6, 6.07) is 11.2. The van der Waals surface area contributed by atoms with Gasteiger partial charge in [0, 0.05) is 18.2 Å². The van der Waals surface area contributed by atoms with E-state index in [2.05, 4.69) is 0 Å². The molecule has 20 heavy (non-hydrogen) atoms. The van der Waals surface area contributed by atoms with Gasteiger partial charge in [-0.2, -0.15) is 0 Å². The molecule has 1 aliphatic heterocycles. The van der Waals surface area contributed by atoms with Gasteiger partial charge in [0.2, 0.25) is 0 Å². The molecule has 0 bridgehead atoms. The number of allylic oxidation sites excluding steroid dienone is 1. The van der Waals surface area contributed by atoms with Gasteiger partial charge in [0.25, 0.3) is 5.91 Å². The third kappa shape index (κ3) is 1.98. The molecule has 1 aliphatic rings. The number of thiophene rings is 1. The van der Waals surface area contributed by atoms with Crippen molar-refractivity contribution in [3.05, 3.63) is 58.3 Å². The zero-order valence-corrected chi connectivity index (χ0v) is 11.8. The van der Waals surface area contributed by atoms with Crippen LogP contribution in [0.25, 0.3) is 5.57 Å². The van der Waals surface area contributed by atoms with E-state index in [9.17, 15) is 9.59 Å². The Hall–Kier alpha value is -2.20. The number of nitrogens with zero attached hydrogens (tertiary/aromatic N) is 1. The molecule has 0 atom stereocenters. The van der Waals surface area contributed by atoms with Gasteiger partial charge in [0.1, 0.15) is 0 Å². The second-order valence-corrected chi connectivity index (χ2v) is 5.41. The van der Waals surface area contributed by atoms with Crippen molar-refractivity contribution in [2.24, 2.45) is 0 Å². The Kier molecular flexibility index (Phi) is 3.24. The van der Waals surface area contributed by atoms with E-state index in [0.717, 1.165) is 11.3 Å². The van der Waals surface area contributed by atoms with Crippen molar-refractivity contribution in [1.29, 1.82) is 0 Å². The lowest BCUT2D eigenvalue weighted by Crippen LogP contribution is -2.25. The number of hydrogen-bond acceptors (Lipinski definition) is 3. The van der Waals surface area contributed by atoms with Gasteiger partial charge in [-0.05, 0) is 24.4 Å². The molecule has 0 radical (unpaired) electrons. The van der Waals surface area contributed by atoms with Crippen molar-refractivity contribution in [3.8, 4) is 0 Å². The highest BCUT2D eigenvalue weighted by Gasteiger charge is 2.31. The quantitative estimate of drug-likeness (QED) is 0.639. The van der Waals surface area contributed by atoms with Crippen molar-refractivity contribution >= 4 is 34.3 Å². The first-order valence-corrected chi connectivity index (χ1v) is 7.31. The molecular formula is C16H13NO2S. The van der Waals surface area contributed by atoms with Crippen LogP contribution in [0.2, 0.25) is 0 Å². The Morgan fingerprint density at radius 1 is 1.25 bits per heavy atom. The number of carbonyl (C=O) groups is 2. The first-order chi connectivity index (χ1) is 9.72. The molecular weight excluding hydrogens is 270 g/mol. The van der Waals surface area contributed by atoms with Gasteiger partial charge in [-0.25, -0.2) is 0 Å². The first-order valence-electron chi connectivity index (χ1n) is 6.43. The van der Waals surface area contributed by atoms with Gasteiger partial charge in [-0.1, -0.05) is 24.3 Å². The topological polar surface area (TPSA) is 37.4 Å². The highest BCUT2D eigenvalue weighted by Crippen LogP contribution is 2.36. The largest absolute Gasteiger partial charge is 0.308 e. The molecule has 2 heterocycles. The van der Waals surface area contributed by atoms with E-state index in [-0.39, 0.29) is 11.7 Å². The highest BCUT2D eigenvalue weighted by molar-refractivity contribution is 7.12. The maximum absolute atomic E-state index is 12.4. The summed E-state index contributed by atoms with van der Waals surface area (Å²) < 4.78 is 0. The minimum absolute atomic E-state index is 0.0985. The Morgan fingerprint density at radius 2 is 2.05 bits per heavy atom. The maximum Gasteiger partial charge on any atom is 0.259 e. The number of benzene rings is 1. The van der Waals surface area contributed by atoms with Crippen LogP contribution in [-0.4, -0.2) is 18.2 Å². The Labute approximate surface area is 121 Å². The predicted octanol–water partition coefficient (Wildman–Crippen LogP) is 3.38. The molecule has 2 aromatic rings. The van der Waals surface area contributed by atoms with Crippen molar-refractivity contribution < 1.29 is 9.59 Å². The van der Waals surface area contributed by atoms with Crippen LogP contribution >= 0.6 is 11.3 Å². The molecule has 0 unspecified atom stereocenters. The van der Waals surface area contributed by atoms with Gasteiger partial charge in [-0.3, -0.25) is 9.59 Å². The van der Waals surface area contributed by atoms with Gasteiger partial charge in [0.15, 0.2) is 5.78 Å². The molecule has 0 aliphatic carbocycles. The van der Waals surface area contributed by atoms with E-state index >= 15 is 0 Å². The molecule has 3 rings (SSSR count). The normalized spacial score (nSPS) is 15.8. The summed E-state index contributed by atoms with van der Waals surface area (Å²) in [6.45, 7) is 2.53. The van der Waals surface area contributed by atoms with Crippen LogP contribution in [0.15, 0.2) is 47.9 Å². The summed E-state index contributed by atoms with van der Waals surface area (Å²) >= 11 is 1.38. The molecule has 0 spiro atoms. The van der Waals surface area contributed by atoms with Crippen LogP contribution in [-0.2, 0) is 4.79 Å². The van der Waals surface area contributed by atoms with E-state index in [0.29, 0.717) is 17.0 Å². The number of anilines is 1. The summed E-state index contributed by atoms with van der Waals surface area (Å²) in [5.74, 6) is -0.213. The molecule has 1 amide bonds. The fourth-order valence-corrected chi connectivity index (χ4v) is 3.02. The van der Waals surface area contributed by atoms with E-state index in [1.165, 1.54) is 17.4 Å². The number of para-hydroxylation sites is 1. The summed E-state index contributed by atoms with van der Waals surface area (Å²) in [5, 5.41) is 1.86. The van der Waals surface area contributed by atoms with Crippen LogP contribution in [0, 0.1) is 0 Å². The summed E-state index contributed by atoms with van der Waals surface area (Å²) in [5.41, 5.74) is 2.20. The zero-order valence-electron chi connectivity index (χ0n) is 11.0. The average Bonchev–Trinajstić information content (AvgIpc) is 3.07. The number of ketones is 1. The fraction of sp³-hybridized carbons (Fsp3) is 0.125. The molecule has 1 aromatic carbocycles. The number of hydrogen-bond donors (Lipinski definition) is 0. The molecule has 1 aromatic heterocycles. The molecule has 100 valence electrons. The number of rotatable bonds is 3. The SMILES string of the molecule is CCN1C(=O)/C(=C/C(=O)c2cccs2)c2ccccc21. The van der Waals surface area contributed by atoms with Crippen molar-refractivity contribution in [2.45, 2.75) is 6.92 Å². The summed E-state index contributed by atoms with van der Waals surface area (Å²) in [7, 11) is 0. The van der Waals surface area contributed by atoms with Crippen molar-refractivity contribution in [3.63, 3.8) is 0 Å². The van der Waals surface area contributed by atoms with E-state index < -0.39 is 0 Å². The molecule has 0 saturated carbocycles. The van der Waals surface area contributed by atoms with Gasteiger partial charge in [0.05, 0.1) is 16.1 Å². The van der Waals surface area contributed by atoms with Crippen LogP contribution in [0.4, 0.5) is 5.69 Å². The van der Waals surface area contributed by atoms with Crippen LogP contribution in [0.5, 0.6) is 0 Å². The van der Waals surface area contributed by atoms with Gasteiger partial charge >= 0.3 is 0 Å². The fourth-order valence-electron chi connectivity index (χ4n) is 2.38. The summed E-state index contributed by atoms with van der Waals surface area (Å²) in [6.07, 6.45) is 1.46. The third-order valence-electron chi connectivity index (χ3n) is 3.32. The van der Waals surface area contributed by atoms with E-state index in [4.69, 9.17) is 0 Å². The molecule has 0 saturated heterocycles. The number of fused-ring (bicyclic) bond motifs is 1. The number of amides is 1. The Morgan fingerprint density at radius 3 is 2.75 bits per heavy atom. The van der Waals surface area contributed by atoms with Gasteiger partial charge in [-0.15, -0.1) is 11.3 Å². The van der Waals surface area contributed by atoms with Crippen LogP contribution < -0.4 is 4.90 Å². The second kappa shape index (κ2) is 5.06. The number of likely N-dealkylation sites (N-methyl/N-ethyl adjacent to an activating group) is 1. The summed E-state index contributed by atoms with van der Waals surface area (Å²) in [4.78, 5) is 26.9. The standard InChI is InChI=1S/C16H13NO2S/c1-2-17-13-7-4-3-6-11(13)12(16(17)19)10-14(18)15-8-5-9-20-15/h3-10H,2H2,1H3/b12-10+. The highest BCUT2D eigenvalue weighted by atomic mass is 32.1. The molecule has 4 heteroatoms. The molecule has 0 fully saturated rings. The lowest BCUT2D eigenvalue weighted by molar-refractivity contribution is -0.113.